The van der Waals surface area contributed by atoms with E-state index in [2.05, 4.69) is 146 Å². The van der Waals surface area contributed by atoms with E-state index in [1.54, 1.807) is 4.90 Å². The largest absolute Gasteiger partial charge is 0.444 e. The summed E-state index contributed by atoms with van der Waals surface area (Å²) in [5.74, 6) is 0.801. The molecule has 1 amide bonds. The molecule has 3 unspecified atom stereocenters. The first kappa shape index (κ1) is 61.1. The van der Waals surface area contributed by atoms with Crippen LogP contribution in [0.4, 0.5) is 4.79 Å². The molecule has 1 N–H and O–H groups in total. The van der Waals surface area contributed by atoms with E-state index in [9.17, 15) is 4.79 Å². The van der Waals surface area contributed by atoms with Crippen molar-refractivity contribution in [3.63, 3.8) is 0 Å². The van der Waals surface area contributed by atoms with E-state index < -0.39 is 0 Å². The highest BCUT2D eigenvalue weighted by atomic mass is 16.6. The number of hydrogen-bond acceptors (Lipinski definition) is 9. The number of nitrogens with zero attached hydrogens (tertiary/aromatic N) is 7. The summed E-state index contributed by atoms with van der Waals surface area (Å²) in [5, 5.41) is 3.32. The Morgan fingerprint density at radius 1 is 0.633 bits per heavy atom. The number of carbonyl (C=O) groups is 1. The Balaban J connectivity index is 0. The van der Waals surface area contributed by atoms with Gasteiger partial charge in [-0.2, -0.15) is 0 Å². The van der Waals surface area contributed by atoms with Gasteiger partial charge in [-0.25, -0.2) is 4.79 Å². The highest BCUT2D eigenvalue weighted by molar-refractivity contribution is 5.68. The summed E-state index contributed by atoms with van der Waals surface area (Å²) >= 11 is 0. The second kappa shape index (κ2) is 36.3. The van der Waals surface area contributed by atoms with Crippen molar-refractivity contribution in [1.29, 1.82) is 0 Å². The number of carbonyl (C=O) groups excluding carboxylic acids is 1. The maximum atomic E-state index is 11.4. The second-order valence-electron chi connectivity index (χ2n) is 21.0. The summed E-state index contributed by atoms with van der Waals surface area (Å²) in [6.45, 7) is 37.8. The molecule has 0 aromatic heterocycles. The molecule has 0 radical (unpaired) electrons. The predicted octanol–water partition coefficient (Wildman–Crippen LogP) is 9.73. The van der Waals surface area contributed by atoms with E-state index in [0.717, 1.165) is 56.0 Å². The first-order chi connectivity index (χ1) is 28.0. The molecule has 0 spiro atoms. The van der Waals surface area contributed by atoms with Crippen molar-refractivity contribution in [2.75, 3.05) is 115 Å². The van der Waals surface area contributed by atoms with Gasteiger partial charge in [0.05, 0.1) is 0 Å². The minimum Gasteiger partial charge on any atom is -0.444 e. The molecule has 6 aliphatic rings. The molecule has 6 rings (SSSR count). The van der Waals surface area contributed by atoms with Gasteiger partial charge >= 0.3 is 6.09 Å². The molecule has 0 saturated carbocycles. The number of hydrogen-bond donors (Lipinski definition) is 1. The number of nitrogens with one attached hydrogen (secondary N) is 1. The summed E-state index contributed by atoms with van der Waals surface area (Å²) in [4.78, 5) is 27.2. The monoisotopic (exact) mass is 855 g/mol. The Morgan fingerprint density at radius 3 is 1.25 bits per heavy atom. The van der Waals surface area contributed by atoms with Gasteiger partial charge in [-0.3, -0.25) is 0 Å². The highest BCUT2D eigenvalue weighted by Crippen LogP contribution is 2.15. The Morgan fingerprint density at radius 2 is 1.07 bits per heavy atom. The molecule has 6 saturated heterocycles. The van der Waals surface area contributed by atoms with Crippen LogP contribution >= 0.6 is 0 Å². The smallest absolute Gasteiger partial charge is 0.410 e. The van der Waals surface area contributed by atoms with E-state index in [1.807, 2.05) is 20.8 Å². The van der Waals surface area contributed by atoms with E-state index in [0.29, 0.717) is 6.04 Å². The van der Waals surface area contributed by atoms with Crippen LogP contribution in [0.3, 0.4) is 0 Å². The summed E-state index contributed by atoms with van der Waals surface area (Å²) in [6.07, 6.45) is 17.5. The van der Waals surface area contributed by atoms with Crippen LogP contribution < -0.4 is 5.32 Å². The molecule has 10 heteroatoms. The lowest BCUT2D eigenvalue weighted by Gasteiger charge is -2.23. The zero-order valence-corrected chi connectivity index (χ0v) is 44.2. The fourth-order valence-electron chi connectivity index (χ4n) is 7.28. The normalized spacial score (nSPS) is 23.5. The van der Waals surface area contributed by atoms with Crippen molar-refractivity contribution in [3.8, 4) is 0 Å². The first-order valence-corrected chi connectivity index (χ1v) is 24.8. The van der Waals surface area contributed by atoms with Gasteiger partial charge < -0.3 is 44.4 Å². The van der Waals surface area contributed by atoms with Gasteiger partial charge in [-0.05, 0) is 254 Å². The number of amides is 1. The third-order valence-corrected chi connectivity index (χ3v) is 12.0. The summed E-state index contributed by atoms with van der Waals surface area (Å²) in [7, 11) is 14.9. The molecule has 10 nitrogen and oxygen atoms in total. The molecule has 0 aromatic rings. The van der Waals surface area contributed by atoms with Crippen LogP contribution in [0.15, 0.2) is 0 Å². The number of likely N-dealkylation sites (tertiary alicyclic amines) is 5. The van der Waals surface area contributed by atoms with Crippen molar-refractivity contribution >= 4 is 6.09 Å². The summed E-state index contributed by atoms with van der Waals surface area (Å²) in [5.41, 5.74) is -0.361. The van der Waals surface area contributed by atoms with Gasteiger partial charge in [-0.1, -0.05) is 20.3 Å². The summed E-state index contributed by atoms with van der Waals surface area (Å²) in [6, 6.07) is 3.95. The van der Waals surface area contributed by atoms with Crippen LogP contribution in [0.25, 0.3) is 0 Å². The van der Waals surface area contributed by atoms with Crippen LogP contribution in [-0.4, -0.2) is 191 Å². The van der Waals surface area contributed by atoms with Crippen LogP contribution in [0.2, 0.25) is 0 Å². The van der Waals surface area contributed by atoms with Crippen molar-refractivity contribution in [2.45, 2.75) is 202 Å². The molecular weight excluding hydrogens is 745 g/mol. The SMILES string of the molecule is CC(C)(C)OC(=O)N1CCCC1.CC(C)CN(C)C.CC(C)N(C)C.CC(C)N1CCCC1.CC1CCCN1.CC1CCCN1C.CC1CCCN1C.CN1CCCCC1. The zero-order valence-electron chi connectivity index (χ0n) is 44.2. The van der Waals surface area contributed by atoms with Crippen LogP contribution in [0, 0.1) is 5.92 Å². The van der Waals surface area contributed by atoms with Crippen LogP contribution in [0.1, 0.15) is 167 Å². The maximum Gasteiger partial charge on any atom is 0.410 e. The average Bonchev–Trinajstić information content (AvgIpc) is 4.01. The van der Waals surface area contributed by atoms with Gasteiger partial charge in [0, 0.05) is 43.3 Å². The Labute approximate surface area is 377 Å². The zero-order chi connectivity index (χ0) is 46.3. The third kappa shape index (κ3) is 37.5. The van der Waals surface area contributed by atoms with Crippen LogP contribution in [-0.2, 0) is 4.74 Å². The van der Waals surface area contributed by atoms with E-state index in [4.69, 9.17) is 4.74 Å². The molecule has 6 heterocycles. The standard InChI is InChI=1S/C9H17NO2.C7H15N.3C6H13N.C6H15N.C5H11N.C5H13N/c1-9(2,3)12-8(11)10-6-4-5-7-10;1-7(2)8-5-3-4-6-8;2*1-6-4-3-5-7(6)2;1-7-5-3-2-4-6-7;1-6(2)5-7(3)4;1-5-3-2-4-6-5;1-5(2)6(3)4/h4-7H2,1-3H3;7H,3-6H2,1-2H3;2*6H,3-5H2,1-2H3;2-6H2,1H3;6H,5H2,1-4H3;5-6H,2-4H2,1H3;5H,1-4H3. The molecule has 0 aromatic carbocycles. The number of piperidine rings is 1. The topological polar surface area (TPSA) is 61.0 Å². The van der Waals surface area contributed by atoms with Gasteiger partial charge in [0.15, 0.2) is 0 Å². The quantitative estimate of drug-likeness (QED) is 0.298. The molecule has 60 heavy (non-hydrogen) atoms. The first-order valence-electron chi connectivity index (χ1n) is 24.8. The summed E-state index contributed by atoms with van der Waals surface area (Å²) < 4.78 is 5.21. The lowest BCUT2D eigenvalue weighted by Crippen LogP contribution is -2.34. The molecule has 6 aliphatic heterocycles. The van der Waals surface area contributed by atoms with E-state index >= 15 is 0 Å². The van der Waals surface area contributed by atoms with Crippen LogP contribution in [0.5, 0.6) is 0 Å². The number of rotatable bonds is 4. The fraction of sp³-hybridized carbons (Fsp3) is 0.980. The Bertz CT molecular complexity index is 902. The van der Waals surface area contributed by atoms with Gasteiger partial charge in [0.1, 0.15) is 5.60 Å². The second-order valence-corrected chi connectivity index (χ2v) is 21.0. The van der Waals surface area contributed by atoms with Crippen molar-refractivity contribution in [1.82, 2.24) is 39.6 Å². The van der Waals surface area contributed by atoms with Crippen molar-refractivity contribution in [2.24, 2.45) is 5.92 Å². The van der Waals surface area contributed by atoms with Crippen molar-refractivity contribution < 1.29 is 9.53 Å². The molecular formula is C50H110N8O2. The number of ether oxygens (including phenoxy) is 1. The highest BCUT2D eigenvalue weighted by Gasteiger charge is 2.24. The van der Waals surface area contributed by atoms with E-state index in [1.165, 1.54) is 123 Å². The van der Waals surface area contributed by atoms with Gasteiger partial charge in [-0.15, -0.1) is 0 Å². The molecule has 6 fully saturated rings. The van der Waals surface area contributed by atoms with E-state index in [-0.39, 0.29) is 11.7 Å². The van der Waals surface area contributed by atoms with Gasteiger partial charge in [0.25, 0.3) is 0 Å². The van der Waals surface area contributed by atoms with Gasteiger partial charge in [0.2, 0.25) is 0 Å². The molecule has 362 valence electrons. The molecule has 3 atom stereocenters. The third-order valence-electron chi connectivity index (χ3n) is 12.0. The Hall–Kier alpha value is -1.01. The van der Waals surface area contributed by atoms with Crippen molar-refractivity contribution in [3.05, 3.63) is 0 Å². The lowest BCUT2D eigenvalue weighted by molar-refractivity contribution is 0.0295. The lowest BCUT2D eigenvalue weighted by atomic mass is 10.1. The molecule has 0 aliphatic carbocycles. The maximum absolute atomic E-state index is 11.4. The Kier molecular flexibility index (Phi) is 37.0. The average molecular weight is 855 g/mol. The predicted molar refractivity (Wildman–Crippen MR) is 266 cm³/mol. The minimum absolute atomic E-state index is 0.167. The molecule has 0 bridgehead atoms. The fourth-order valence-corrected chi connectivity index (χ4v) is 7.28. The minimum atomic E-state index is -0.361.